The quantitative estimate of drug-likeness (QED) is 0.672. The molecule has 0 amide bonds. The molecule has 0 rings (SSSR count). The lowest BCUT2D eigenvalue weighted by Gasteiger charge is -2.34. The molecule has 0 aliphatic rings. The van der Waals surface area contributed by atoms with Gasteiger partial charge in [0, 0.05) is 0 Å². The highest BCUT2D eigenvalue weighted by atomic mass is 35.5. The first kappa shape index (κ1) is 13.8. The van der Waals surface area contributed by atoms with Gasteiger partial charge in [0.25, 0.3) is 0 Å². The average Bonchev–Trinajstić information content (AvgIpc) is 2.14. The van der Waals surface area contributed by atoms with Crippen molar-refractivity contribution in [3.8, 4) is 0 Å². The molecule has 0 saturated heterocycles. The standard InChI is InChI=1S/C8H12Cl2O4/c1-7(13,5(11)3-9)8(2,14)6(12)4-10/h13-14H,3-4H2,1-2H3. The second kappa shape index (κ2) is 4.57. The van der Waals surface area contributed by atoms with Gasteiger partial charge in [-0.2, -0.15) is 0 Å². The van der Waals surface area contributed by atoms with Crippen molar-refractivity contribution in [1.29, 1.82) is 0 Å². The summed E-state index contributed by atoms with van der Waals surface area (Å²) >= 11 is 10.5. The average molecular weight is 243 g/mol. The third-order valence-corrected chi connectivity index (χ3v) is 2.76. The number of alkyl halides is 2. The summed E-state index contributed by atoms with van der Waals surface area (Å²) in [6.07, 6.45) is 0. The second-order valence-electron chi connectivity index (χ2n) is 3.26. The minimum absolute atomic E-state index is 0.487. The molecule has 0 radical (unpaired) electrons. The third kappa shape index (κ3) is 2.25. The van der Waals surface area contributed by atoms with Crippen molar-refractivity contribution in [2.45, 2.75) is 25.0 Å². The van der Waals surface area contributed by atoms with Crippen LogP contribution in [-0.4, -0.2) is 44.7 Å². The van der Waals surface area contributed by atoms with Crippen molar-refractivity contribution < 1.29 is 19.8 Å². The first-order valence-electron chi connectivity index (χ1n) is 3.85. The second-order valence-corrected chi connectivity index (χ2v) is 3.79. The van der Waals surface area contributed by atoms with Gasteiger partial charge in [-0.15, -0.1) is 23.2 Å². The van der Waals surface area contributed by atoms with Gasteiger partial charge >= 0.3 is 0 Å². The molecule has 14 heavy (non-hydrogen) atoms. The van der Waals surface area contributed by atoms with Crippen LogP contribution in [0.25, 0.3) is 0 Å². The molecule has 6 heteroatoms. The van der Waals surface area contributed by atoms with Crippen molar-refractivity contribution in [3.63, 3.8) is 0 Å². The maximum absolute atomic E-state index is 11.2. The van der Waals surface area contributed by atoms with Crippen LogP contribution in [-0.2, 0) is 9.59 Å². The lowest BCUT2D eigenvalue weighted by molar-refractivity contribution is -0.172. The van der Waals surface area contributed by atoms with Crippen molar-refractivity contribution in [2.75, 3.05) is 11.8 Å². The van der Waals surface area contributed by atoms with E-state index < -0.39 is 34.5 Å². The smallest absolute Gasteiger partial charge is 0.182 e. The SMILES string of the molecule is CC(O)(C(=O)CCl)C(C)(O)C(=O)CCl. The molecular weight excluding hydrogens is 231 g/mol. The van der Waals surface area contributed by atoms with Gasteiger partial charge < -0.3 is 10.2 Å². The zero-order valence-corrected chi connectivity index (χ0v) is 9.39. The number of halogens is 2. The van der Waals surface area contributed by atoms with E-state index in [0.29, 0.717) is 0 Å². The van der Waals surface area contributed by atoms with Crippen LogP contribution >= 0.6 is 23.2 Å². The summed E-state index contributed by atoms with van der Waals surface area (Å²) in [6.45, 7) is 2.06. The molecule has 2 N–H and O–H groups in total. The van der Waals surface area contributed by atoms with E-state index >= 15 is 0 Å². The van der Waals surface area contributed by atoms with Crippen molar-refractivity contribution in [1.82, 2.24) is 0 Å². The summed E-state index contributed by atoms with van der Waals surface area (Å²) in [6, 6.07) is 0. The Balaban J connectivity index is 5.06. The number of carbonyl (C=O) groups excluding carboxylic acids is 2. The Morgan fingerprint density at radius 2 is 1.21 bits per heavy atom. The molecule has 82 valence electrons. The molecule has 0 fully saturated rings. The van der Waals surface area contributed by atoms with Gasteiger partial charge in [0.1, 0.15) is 0 Å². The van der Waals surface area contributed by atoms with E-state index in [-0.39, 0.29) is 0 Å². The number of rotatable bonds is 5. The molecule has 0 aliphatic heterocycles. The highest BCUT2D eigenvalue weighted by Crippen LogP contribution is 2.25. The Morgan fingerprint density at radius 1 is 1.00 bits per heavy atom. The van der Waals surface area contributed by atoms with E-state index in [9.17, 15) is 19.8 Å². The van der Waals surface area contributed by atoms with Gasteiger partial charge in [-0.25, -0.2) is 0 Å². The first-order valence-corrected chi connectivity index (χ1v) is 4.92. The largest absolute Gasteiger partial charge is 0.379 e. The lowest BCUT2D eigenvalue weighted by atomic mass is 9.80. The van der Waals surface area contributed by atoms with E-state index in [2.05, 4.69) is 0 Å². The van der Waals surface area contributed by atoms with Gasteiger partial charge in [-0.1, -0.05) is 0 Å². The molecule has 0 aromatic heterocycles. The fourth-order valence-corrected chi connectivity index (χ4v) is 1.32. The molecular formula is C8H12Cl2O4. The Labute approximate surface area is 91.8 Å². The molecule has 0 aliphatic carbocycles. The Morgan fingerprint density at radius 3 is 1.36 bits per heavy atom. The van der Waals surface area contributed by atoms with E-state index in [4.69, 9.17) is 23.2 Å². The summed E-state index contributed by atoms with van der Waals surface area (Å²) in [5.41, 5.74) is -4.44. The van der Waals surface area contributed by atoms with E-state index in [1.807, 2.05) is 0 Å². The maximum Gasteiger partial charge on any atom is 0.182 e. The number of hydrogen-bond donors (Lipinski definition) is 2. The van der Waals surface area contributed by atoms with Crippen LogP contribution in [0.15, 0.2) is 0 Å². The normalized spacial score (nSPS) is 19.6. The van der Waals surface area contributed by atoms with Crippen molar-refractivity contribution >= 4 is 34.8 Å². The van der Waals surface area contributed by atoms with E-state index in [1.54, 1.807) is 0 Å². The molecule has 0 aromatic carbocycles. The van der Waals surface area contributed by atoms with Gasteiger partial charge in [0.2, 0.25) is 0 Å². The van der Waals surface area contributed by atoms with Crippen LogP contribution < -0.4 is 0 Å². The molecule has 0 saturated carbocycles. The summed E-state index contributed by atoms with van der Waals surface area (Å²) in [5, 5.41) is 19.3. The summed E-state index contributed by atoms with van der Waals surface area (Å²) in [7, 11) is 0. The van der Waals surface area contributed by atoms with Crippen LogP contribution in [0.2, 0.25) is 0 Å². The van der Waals surface area contributed by atoms with Gasteiger partial charge in [-0.3, -0.25) is 9.59 Å². The predicted molar refractivity (Wildman–Crippen MR) is 52.7 cm³/mol. The molecule has 2 atom stereocenters. The maximum atomic E-state index is 11.2. The number of ketones is 2. The van der Waals surface area contributed by atoms with Crippen LogP contribution in [0.1, 0.15) is 13.8 Å². The van der Waals surface area contributed by atoms with Crippen LogP contribution in [0.5, 0.6) is 0 Å². The Kier molecular flexibility index (Phi) is 4.52. The molecule has 0 bridgehead atoms. The lowest BCUT2D eigenvalue weighted by Crippen LogP contribution is -2.61. The predicted octanol–water partition coefficient (Wildman–Crippen LogP) is 0.104. The van der Waals surface area contributed by atoms with Gasteiger partial charge in [0.05, 0.1) is 11.8 Å². The zero-order chi connectivity index (χ0) is 11.6. The van der Waals surface area contributed by atoms with Crippen LogP contribution in [0.3, 0.4) is 0 Å². The number of carbonyl (C=O) groups is 2. The first-order chi connectivity index (χ1) is 6.21. The molecule has 2 unspecified atom stereocenters. The van der Waals surface area contributed by atoms with Crippen LogP contribution in [0.4, 0.5) is 0 Å². The third-order valence-electron chi connectivity index (χ3n) is 2.28. The fourth-order valence-electron chi connectivity index (χ4n) is 0.803. The summed E-state index contributed by atoms with van der Waals surface area (Å²) in [5.74, 6) is -2.64. The number of hydrogen-bond acceptors (Lipinski definition) is 4. The Bertz CT molecular complexity index is 222. The van der Waals surface area contributed by atoms with E-state index in [0.717, 1.165) is 13.8 Å². The molecule has 4 nitrogen and oxygen atoms in total. The summed E-state index contributed by atoms with van der Waals surface area (Å²) < 4.78 is 0. The molecule has 0 aromatic rings. The monoisotopic (exact) mass is 242 g/mol. The number of aliphatic hydroxyl groups is 2. The highest BCUT2D eigenvalue weighted by Gasteiger charge is 2.51. The summed E-state index contributed by atoms with van der Waals surface area (Å²) in [4.78, 5) is 22.3. The minimum Gasteiger partial charge on any atom is -0.379 e. The van der Waals surface area contributed by atoms with Crippen molar-refractivity contribution in [3.05, 3.63) is 0 Å². The number of Topliss-reactive ketones (excluding diaryl/α,β-unsaturated/α-hetero) is 2. The van der Waals surface area contributed by atoms with E-state index in [1.165, 1.54) is 0 Å². The van der Waals surface area contributed by atoms with Crippen molar-refractivity contribution in [2.24, 2.45) is 0 Å². The highest BCUT2D eigenvalue weighted by molar-refractivity contribution is 6.31. The van der Waals surface area contributed by atoms with Gasteiger partial charge in [0.15, 0.2) is 22.8 Å². The topological polar surface area (TPSA) is 74.6 Å². The molecule has 0 heterocycles. The minimum atomic E-state index is -2.22. The Hall–Kier alpha value is -0.160. The van der Waals surface area contributed by atoms with Gasteiger partial charge in [-0.05, 0) is 13.8 Å². The zero-order valence-electron chi connectivity index (χ0n) is 7.88. The fraction of sp³-hybridized carbons (Fsp3) is 0.750. The van der Waals surface area contributed by atoms with Crippen LogP contribution in [0, 0.1) is 0 Å². The molecule has 0 spiro atoms.